The van der Waals surface area contributed by atoms with Gasteiger partial charge in [-0.1, -0.05) is 26.2 Å². The zero-order valence-electron chi connectivity index (χ0n) is 12.4. The summed E-state index contributed by atoms with van der Waals surface area (Å²) in [5.41, 5.74) is 0. The Kier molecular flexibility index (Phi) is 6.92. The zero-order chi connectivity index (χ0) is 15.0. The van der Waals surface area contributed by atoms with Crippen molar-refractivity contribution in [2.75, 3.05) is 13.1 Å². The van der Waals surface area contributed by atoms with Gasteiger partial charge in [0.05, 0.1) is 6.04 Å². The van der Waals surface area contributed by atoms with Gasteiger partial charge in [-0.05, 0) is 25.2 Å². The number of rotatable bonds is 7. The van der Waals surface area contributed by atoms with Gasteiger partial charge in [0.1, 0.15) is 0 Å². The summed E-state index contributed by atoms with van der Waals surface area (Å²) in [5, 5.41) is 8.35. The van der Waals surface area contributed by atoms with E-state index in [1.165, 1.54) is 0 Å². The summed E-state index contributed by atoms with van der Waals surface area (Å²) < 4.78 is 0. The number of carbonyl (C=O) groups excluding carboxylic acids is 2. The molecular weight excluding hydrogens is 254 g/mol. The highest BCUT2D eigenvalue weighted by atomic mass is 16.2. The van der Waals surface area contributed by atoms with Crippen LogP contribution in [0.25, 0.3) is 0 Å². The third kappa shape index (κ3) is 5.52. The predicted octanol–water partition coefficient (Wildman–Crippen LogP) is 1.25. The van der Waals surface area contributed by atoms with Crippen LogP contribution >= 0.6 is 0 Å². The molecule has 0 spiro atoms. The van der Waals surface area contributed by atoms with Crippen molar-refractivity contribution in [1.29, 1.82) is 0 Å². The summed E-state index contributed by atoms with van der Waals surface area (Å²) >= 11 is 0. The summed E-state index contributed by atoms with van der Waals surface area (Å²) in [4.78, 5) is 23.1. The molecule has 1 saturated carbocycles. The Morgan fingerprint density at radius 1 is 1.25 bits per heavy atom. The van der Waals surface area contributed by atoms with Gasteiger partial charge in [-0.3, -0.25) is 4.79 Å². The molecule has 5 nitrogen and oxygen atoms in total. The van der Waals surface area contributed by atoms with E-state index in [1.54, 1.807) is 0 Å². The molecule has 0 aromatic rings. The van der Waals surface area contributed by atoms with E-state index in [1.807, 2.05) is 13.8 Å². The van der Waals surface area contributed by atoms with E-state index in [9.17, 15) is 9.59 Å². The van der Waals surface area contributed by atoms with Gasteiger partial charge >= 0.3 is 6.03 Å². The van der Waals surface area contributed by atoms with Gasteiger partial charge in [-0.25, -0.2) is 4.79 Å². The highest BCUT2D eigenvalue weighted by molar-refractivity contribution is 5.79. The Morgan fingerprint density at radius 2 is 1.90 bits per heavy atom. The summed E-state index contributed by atoms with van der Waals surface area (Å²) in [7, 11) is 0. The Bertz CT molecular complexity index is 370. The fraction of sp³-hybridized carbons (Fsp3) is 0.733. The van der Waals surface area contributed by atoms with E-state index in [2.05, 4.69) is 21.9 Å². The van der Waals surface area contributed by atoms with Gasteiger partial charge < -0.3 is 16.0 Å². The minimum atomic E-state index is -0.257. The average molecular weight is 279 g/mol. The summed E-state index contributed by atoms with van der Waals surface area (Å²) in [6.45, 7) is 5.03. The topological polar surface area (TPSA) is 70.2 Å². The van der Waals surface area contributed by atoms with Gasteiger partial charge in [0, 0.05) is 19.0 Å². The molecular formula is C15H25N3O2. The van der Waals surface area contributed by atoms with E-state index >= 15 is 0 Å². The first-order chi connectivity index (χ1) is 9.54. The molecule has 1 aliphatic rings. The first-order valence-electron chi connectivity index (χ1n) is 7.32. The van der Waals surface area contributed by atoms with Crippen LogP contribution in [-0.2, 0) is 4.79 Å². The molecule has 1 fully saturated rings. The molecule has 5 heteroatoms. The van der Waals surface area contributed by atoms with Crippen LogP contribution in [0.15, 0.2) is 0 Å². The lowest BCUT2D eigenvalue weighted by molar-refractivity contribution is -0.127. The Balaban J connectivity index is 2.04. The van der Waals surface area contributed by atoms with Gasteiger partial charge in [0.25, 0.3) is 0 Å². The minimum absolute atomic E-state index is 0.146. The van der Waals surface area contributed by atoms with Crippen molar-refractivity contribution in [3.63, 3.8) is 0 Å². The smallest absolute Gasteiger partial charge is 0.315 e. The van der Waals surface area contributed by atoms with Crippen LogP contribution < -0.4 is 16.0 Å². The SMILES string of the molecule is C#C[C@H](NC(=O)NCCCNC(=O)C1CCC1)C(C)C. The van der Waals surface area contributed by atoms with Crippen molar-refractivity contribution in [2.45, 2.75) is 45.6 Å². The fourth-order valence-corrected chi connectivity index (χ4v) is 1.91. The quantitative estimate of drug-likeness (QED) is 0.485. The van der Waals surface area contributed by atoms with Gasteiger partial charge in [-0.2, -0.15) is 0 Å². The van der Waals surface area contributed by atoms with Crippen LogP contribution in [0.3, 0.4) is 0 Å². The van der Waals surface area contributed by atoms with Crippen molar-refractivity contribution >= 4 is 11.9 Å². The lowest BCUT2D eigenvalue weighted by atomic mass is 9.85. The van der Waals surface area contributed by atoms with Crippen LogP contribution in [0.2, 0.25) is 0 Å². The second kappa shape index (κ2) is 8.47. The largest absolute Gasteiger partial charge is 0.356 e. The highest BCUT2D eigenvalue weighted by Gasteiger charge is 2.24. The van der Waals surface area contributed by atoms with E-state index in [0.29, 0.717) is 19.5 Å². The van der Waals surface area contributed by atoms with E-state index in [4.69, 9.17) is 6.42 Å². The standard InChI is InChI=1S/C15H25N3O2/c1-4-13(11(2)3)18-15(20)17-10-6-9-16-14(19)12-7-5-8-12/h1,11-13H,5-10H2,2-3H3,(H,16,19)(H2,17,18,20)/t13-/m0/s1. The van der Waals surface area contributed by atoms with Crippen LogP contribution in [0.1, 0.15) is 39.5 Å². The van der Waals surface area contributed by atoms with Crippen LogP contribution in [0.4, 0.5) is 4.79 Å². The molecule has 0 heterocycles. The molecule has 0 aromatic heterocycles. The van der Waals surface area contributed by atoms with Gasteiger partial charge in [0.2, 0.25) is 5.91 Å². The van der Waals surface area contributed by atoms with Crippen molar-refractivity contribution < 1.29 is 9.59 Å². The first-order valence-corrected chi connectivity index (χ1v) is 7.32. The zero-order valence-corrected chi connectivity index (χ0v) is 12.4. The molecule has 1 atom stereocenters. The second-order valence-corrected chi connectivity index (χ2v) is 5.56. The summed E-state index contributed by atoms with van der Waals surface area (Å²) in [6.07, 6.45) is 9.23. The maximum atomic E-state index is 11.6. The lowest BCUT2D eigenvalue weighted by Crippen LogP contribution is -2.44. The summed E-state index contributed by atoms with van der Waals surface area (Å²) in [5.74, 6) is 3.11. The molecule has 0 unspecified atom stereocenters. The number of nitrogens with one attached hydrogen (secondary N) is 3. The molecule has 20 heavy (non-hydrogen) atoms. The van der Waals surface area contributed by atoms with Crippen LogP contribution in [0.5, 0.6) is 0 Å². The number of carbonyl (C=O) groups is 2. The molecule has 112 valence electrons. The normalized spacial score (nSPS) is 15.9. The second-order valence-electron chi connectivity index (χ2n) is 5.56. The Labute approximate surface area is 121 Å². The van der Waals surface area contributed by atoms with Crippen molar-refractivity contribution in [3.8, 4) is 12.3 Å². The molecule has 0 aromatic carbocycles. The van der Waals surface area contributed by atoms with E-state index in [-0.39, 0.29) is 29.8 Å². The number of terminal acetylenes is 1. The molecule has 1 rings (SSSR count). The van der Waals surface area contributed by atoms with Gasteiger partial charge in [0.15, 0.2) is 0 Å². The minimum Gasteiger partial charge on any atom is -0.356 e. The molecule has 3 N–H and O–H groups in total. The highest BCUT2D eigenvalue weighted by Crippen LogP contribution is 2.25. The molecule has 0 aliphatic heterocycles. The average Bonchev–Trinajstić information content (AvgIpc) is 2.32. The molecule has 1 aliphatic carbocycles. The number of hydrogen-bond donors (Lipinski definition) is 3. The van der Waals surface area contributed by atoms with Crippen molar-refractivity contribution in [3.05, 3.63) is 0 Å². The van der Waals surface area contributed by atoms with Gasteiger partial charge in [-0.15, -0.1) is 6.42 Å². The maximum absolute atomic E-state index is 11.6. The van der Waals surface area contributed by atoms with Crippen molar-refractivity contribution in [1.82, 2.24) is 16.0 Å². The fourth-order valence-electron chi connectivity index (χ4n) is 1.91. The van der Waals surface area contributed by atoms with Crippen molar-refractivity contribution in [2.24, 2.45) is 11.8 Å². The molecule has 3 amide bonds. The summed E-state index contributed by atoms with van der Waals surface area (Å²) in [6, 6.07) is -0.514. The lowest BCUT2D eigenvalue weighted by Gasteiger charge is -2.24. The van der Waals surface area contributed by atoms with E-state index < -0.39 is 0 Å². The maximum Gasteiger partial charge on any atom is 0.315 e. The molecule has 0 saturated heterocycles. The van der Waals surface area contributed by atoms with Crippen LogP contribution in [-0.4, -0.2) is 31.1 Å². The van der Waals surface area contributed by atoms with Crippen LogP contribution in [0, 0.1) is 24.2 Å². The molecule has 0 radical (unpaired) electrons. The van der Waals surface area contributed by atoms with E-state index in [0.717, 1.165) is 19.3 Å². The first kappa shape index (κ1) is 16.4. The monoisotopic (exact) mass is 279 g/mol. The third-order valence-corrected chi connectivity index (χ3v) is 3.55. The number of hydrogen-bond acceptors (Lipinski definition) is 2. The Hall–Kier alpha value is -1.70. The number of urea groups is 1. The Morgan fingerprint density at radius 3 is 2.40 bits per heavy atom. The predicted molar refractivity (Wildman–Crippen MR) is 79.0 cm³/mol. The third-order valence-electron chi connectivity index (χ3n) is 3.55. The molecule has 0 bridgehead atoms. The number of amides is 3.